The van der Waals surface area contributed by atoms with Crippen LogP contribution in [0.15, 0.2) is 12.2 Å². The summed E-state index contributed by atoms with van der Waals surface area (Å²) in [7, 11) is 2.10. The molecule has 0 spiro atoms. The van der Waals surface area contributed by atoms with Crippen LogP contribution in [0.2, 0.25) is 0 Å². The Balaban J connectivity index is 2.53. The van der Waals surface area contributed by atoms with Crippen molar-refractivity contribution in [1.29, 1.82) is 0 Å². The second kappa shape index (κ2) is 5.28. The van der Waals surface area contributed by atoms with Crippen LogP contribution in [0.3, 0.4) is 0 Å². The molecule has 4 nitrogen and oxygen atoms in total. The number of nitrogens with zero attached hydrogens (tertiary/aromatic N) is 2. The standard InChI is InChI=1S/C11H20N2O2/c1-9(11(14)15)7-13-6-4-5-12(3)8-10(13)2/h10H,1,4-8H2,2-3H3,(H,14,15). The summed E-state index contributed by atoms with van der Waals surface area (Å²) >= 11 is 0. The van der Waals surface area contributed by atoms with Gasteiger partial charge in [0.1, 0.15) is 0 Å². The zero-order chi connectivity index (χ0) is 11.4. The summed E-state index contributed by atoms with van der Waals surface area (Å²) in [6, 6.07) is 0.397. The molecule has 0 aromatic rings. The van der Waals surface area contributed by atoms with Gasteiger partial charge >= 0.3 is 5.97 Å². The van der Waals surface area contributed by atoms with Gasteiger partial charge in [0, 0.05) is 31.2 Å². The predicted molar refractivity (Wildman–Crippen MR) is 59.9 cm³/mol. The number of likely N-dealkylation sites (N-methyl/N-ethyl adjacent to an activating group) is 1. The molecule has 86 valence electrons. The third-order valence-corrected chi connectivity index (χ3v) is 2.88. The highest BCUT2D eigenvalue weighted by Gasteiger charge is 2.21. The maximum Gasteiger partial charge on any atom is 0.332 e. The van der Waals surface area contributed by atoms with E-state index < -0.39 is 5.97 Å². The fourth-order valence-corrected chi connectivity index (χ4v) is 1.97. The molecule has 1 saturated heterocycles. The third kappa shape index (κ3) is 3.64. The molecule has 15 heavy (non-hydrogen) atoms. The van der Waals surface area contributed by atoms with E-state index in [-0.39, 0.29) is 5.57 Å². The molecular formula is C11H20N2O2. The number of carboxylic acids is 1. The summed E-state index contributed by atoms with van der Waals surface area (Å²) < 4.78 is 0. The molecule has 0 amide bonds. The quantitative estimate of drug-likeness (QED) is 0.698. The molecule has 1 aliphatic heterocycles. The van der Waals surface area contributed by atoms with E-state index in [4.69, 9.17) is 5.11 Å². The first-order valence-corrected chi connectivity index (χ1v) is 5.34. The van der Waals surface area contributed by atoms with Crippen LogP contribution >= 0.6 is 0 Å². The van der Waals surface area contributed by atoms with Crippen LogP contribution in [0.5, 0.6) is 0 Å². The van der Waals surface area contributed by atoms with Crippen LogP contribution in [0.1, 0.15) is 13.3 Å². The molecule has 1 unspecified atom stereocenters. The first-order valence-electron chi connectivity index (χ1n) is 5.34. The number of aliphatic carboxylic acids is 1. The van der Waals surface area contributed by atoms with Gasteiger partial charge in [0.05, 0.1) is 0 Å². The third-order valence-electron chi connectivity index (χ3n) is 2.88. The van der Waals surface area contributed by atoms with Crippen molar-refractivity contribution in [3.05, 3.63) is 12.2 Å². The van der Waals surface area contributed by atoms with E-state index in [1.165, 1.54) is 0 Å². The molecule has 4 heteroatoms. The van der Waals surface area contributed by atoms with E-state index in [0.29, 0.717) is 12.6 Å². The fourth-order valence-electron chi connectivity index (χ4n) is 1.97. The van der Waals surface area contributed by atoms with Crippen molar-refractivity contribution in [2.24, 2.45) is 0 Å². The van der Waals surface area contributed by atoms with Gasteiger partial charge in [0.25, 0.3) is 0 Å². The smallest absolute Gasteiger partial charge is 0.332 e. The molecule has 0 bridgehead atoms. The minimum Gasteiger partial charge on any atom is -0.478 e. The number of carboxylic acid groups (broad SMARTS) is 1. The average Bonchev–Trinajstić information content (AvgIpc) is 2.28. The molecule has 1 N–H and O–H groups in total. The molecule has 1 atom stereocenters. The van der Waals surface area contributed by atoms with Crippen LogP contribution in [0.25, 0.3) is 0 Å². The molecule has 0 aromatic heterocycles. The number of hydrogen-bond acceptors (Lipinski definition) is 3. The Hall–Kier alpha value is -0.870. The van der Waals surface area contributed by atoms with E-state index in [1.807, 2.05) is 0 Å². The van der Waals surface area contributed by atoms with Crippen molar-refractivity contribution < 1.29 is 9.90 Å². The van der Waals surface area contributed by atoms with Crippen molar-refractivity contribution in [3.63, 3.8) is 0 Å². The monoisotopic (exact) mass is 212 g/mol. The summed E-state index contributed by atoms with van der Waals surface area (Å²) in [5.74, 6) is -0.889. The van der Waals surface area contributed by atoms with Crippen LogP contribution < -0.4 is 0 Å². The van der Waals surface area contributed by atoms with E-state index in [2.05, 4.69) is 30.4 Å². The number of hydrogen-bond donors (Lipinski definition) is 1. The Labute approximate surface area is 91.2 Å². The minimum absolute atomic E-state index is 0.284. The van der Waals surface area contributed by atoms with E-state index in [9.17, 15) is 4.79 Å². The lowest BCUT2D eigenvalue weighted by Crippen LogP contribution is -2.39. The second-order valence-electron chi connectivity index (χ2n) is 4.34. The summed E-state index contributed by atoms with van der Waals surface area (Å²) in [6.07, 6.45) is 1.09. The normalized spacial score (nSPS) is 24.8. The highest BCUT2D eigenvalue weighted by atomic mass is 16.4. The molecular weight excluding hydrogens is 192 g/mol. The summed E-state index contributed by atoms with van der Waals surface area (Å²) in [6.45, 7) is 9.22. The van der Waals surface area contributed by atoms with Gasteiger partial charge in [-0.2, -0.15) is 0 Å². The predicted octanol–water partition coefficient (Wildman–Crippen LogP) is 0.653. The lowest BCUT2D eigenvalue weighted by molar-refractivity contribution is -0.132. The first kappa shape index (κ1) is 12.2. The topological polar surface area (TPSA) is 43.8 Å². The van der Waals surface area contributed by atoms with E-state index >= 15 is 0 Å². The van der Waals surface area contributed by atoms with Gasteiger partial charge < -0.3 is 10.0 Å². The van der Waals surface area contributed by atoms with E-state index in [1.54, 1.807) is 0 Å². The van der Waals surface area contributed by atoms with Crippen LogP contribution in [-0.2, 0) is 4.79 Å². The van der Waals surface area contributed by atoms with Gasteiger partial charge in [-0.15, -0.1) is 0 Å². The van der Waals surface area contributed by atoms with Crippen molar-refractivity contribution in [2.45, 2.75) is 19.4 Å². The van der Waals surface area contributed by atoms with Crippen molar-refractivity contribution in [3.8, 4) is 0 Å². The van der Waals surface area contributed by atoms with Crippen LogP contribution in [0.4, 0.5) is 0 Å². The minimum atomic E-state index is -0.889. The van der Waals surface area contributed by atoms with Crippen molar-refractivity contribution in [2.75, 3.05) is 33.2 Å². The van der Waals surface area contributed by atoms with Crippen LogP contribution in [0, 0.1) is 0 Å². The lowest BCUT2D eigenvalue weighted by Gasteiger charge is -2.27. The van der Waals surface area contributed by atoms with Gasteiger partial charge in [-0.3, -0.25) is 4.90 Å². The Morgan fingerprint density at radius 2 is 2.20 bits per heavy atom. The zero-order valence-corrected chi connectivity index (χ0v) is 9.57. The highest BCUT2D eigenvalue weighted by molar-refractivity contribution is 5.86. The molecule has 1 aliphatic rings. The Bertz CT molecular complexity index is 253. The lowest BCUT2D eigenvalue weighted by atomic mass is 10.2. The zero-order valence-electron chi connectivity index (χ0n) is 9.57. The maximum atomic E-state index is 10.7. The fraction of sp³-hybridized carbons (Fsp3) is 0.727. The Morgan fingerprint density at radius 3 is 2.80 bits per heavy atom. The van der Waals surface area contributed by atoms with Gasteiger partial charge in [-0.25, -0.2) is 4.79 Å². The average molecular weight is 212 g/mol. The largest absolute Gasteiger partial charge is 0.478 e. The highest BCUT2D eigenvalue weighted by Crippen LogP contribution is 2.10. The Kier molecular flexibility index (Phi) is 4.29. The van der Waals surface area contributed by atoms with Gasteiger partial charge in [-0.1, -0.05) is 6.58 Å². The van der Waals surface area contributed by atoms with E-state index in [0.717, 1.165) is 26.1 Å². The SMILES string of the molecule is C=C(CN1CCCN(C)CC1C)C(=O)O. The van der Waals surface area contributed by atoms with Gasteiger partial charge in [-0.05, 0) is 26.9 Å². The molecule has 1 fully saturated rings. The molecule has 0 aromatic carbocycles. The van der Waals surface area contributed by atoms with Gasteiger partial charge in [0.2, 0.25) is 0 Å². The molecule has 0 saturated carbocycles. The second-order valence-corrected chi connectivity index (χ2v) is 4.34. The van der Waals surface area contributed by atoms with Crippen molar-refractivity contribution in [1.82, 2.24) is 9.80 Å². The van der Waals surface area contributed by atoms with Gasteiger partial charge in [0.15, 0.2) is 0 Å². The summed E-state index contributed by atoms with van der Waals surface area (Å²) in [5.41, 5.74) is 0.284. The number of carbonyl (C=O) groups is 1. The van der Waals surface area contributed by atoms with Crippen LogP contribution in [-0.4, -0.2) is 60.1 Å². The molecule has 1 rings (SSSR count). The number of rotatable bonds is 3. The summed E-state index contributed by atoms with van der Waals surface area (Å²) in [4.78, 5) is 15.2. The molecule has 1 heterocycles. The Morgan fingerprint density at radius 1 is 1.53 bits per heavy atom. The first-order chi connectivity index (χ1) is 7.00. The van der Waals surface area contributed by atoms with Crippen molar-refractivity contribution >= 4 is 5.97 Å². The molecule has 0 aliphatic carbocycles. The maximum absolute atomic E-state index is 10.7. The molecule has 0 radical (unpaired) electrons. The summed E-state index contributed by atoms with van der Waals surface area (Å²) in [5, 5.41) is 8.78.